The van der Waals surface area contributed by atoms with Crippen LogP contribution in [0.4, 0.5) is 5.69 Å². The summed E-state index contributed by atoms with van der Waals surface area (Å²) < 4.78 is 1.71. The summed E-state index contributed by atoms with van der Waals surface area (Å²) >= 11 is 5.93. The number of carbonyl (C=O) groups excluding carboxylic acids is 1. The number of halogens is 1. The number of amides is 1. The van der Waals surface area contributed by atoms with Crippen LogP contribution >= 0.6 is 11.6 Å². The minimum Gasteiger partial charge on any atom is -0.314 e. The molecule has 0 radical (unpaired) electrons. The second kappa shape index (κ2) is 6.90. The molecule has 0 saturated carbocycles. The normalized spacial score (nSPS) is 15.0. The number of hydrogen-bond donors (Lipinski definition) is 0. The van der Waals surface area contributed by atoms with E-state index < -0.39 is 0 Å². The van der Waals surface area contributed by atoms with Gasteiger partial charge in [0, 0.05) is 30.8 Å². The minimum atomic E-state index is 0.0695. The minimum absolute atomic E-state index is 0.0695. The third-order valence-corrected chi connectivity index (χ3v) is 4.75. The van der Waals surface area contributed by atoms with E-state index in [1.807, 2.05) is 55.7 Å². The maximum atomic E-state index is 12.5. The van der Waals surface area contributed by atoms with Crippen molar-refractivity contribution in [1.29, 1.82) is 0 Å². The number of rotatable bonds is 3. The van der Waals surface area contributed by atoms with Crippen LogP contribution in [-0.4, -0.2) is 39.4 Å². The van der Waals surface area contributed by atoms with Crippen LogP contribution in [0.3, 0.4) is 0 Å². The Morgan fingerprint density at radius 3 is 2.65 bits per heavy atom. The molecule has 0 aliphatic carbocycles. The summed E-state index contributed by atoms with van der Waals surface area (Å²) in [5.41, 5.74) is 3.80. The van der Waals surface area contributed by atoms with Gasteiger partial charge in [0.25, 0.3) is 0 Å². The summed E-state index contributed by atoms with van der Waals surface area (Å²) in [6.45, 7) is 1.60. The predicted octanol–water partition coefficient (Wildman–Crippen LogP) is 2.90. The Morgan fingerprint density at radius 2 is 1.85 bits per heavy atom. The maximum absolute atomic E-state index is 12.5. The number of aromatic nitrogens is 3. The fourth-order valence-corrected chi connectivity index (χ4v) is 3.26. The third kappa shape index (κ3) is 3.34. The molecular formula is C19H18ClN5O. The van der Waals surface area contributed by atoms with Crippen molar-refractivity contribution in [3.63, 3.8) is 0 Å². The van der Waals surface area contributed by atoms with Gasteiger partial charge in [0.15, 0.2) is 0 Å². The van der Waals surface area contributed by atoms with E-state index in [0.717, 1.165) is 22.6 Å². The van der Waals surface area contributed by atoms with Crippen molar-refractivity contribution in [3.05, 3.63) is 71.0 Å². The molecule has 0 fully saturated rings. The average molecular weight is 368 g/mol. The summed E-state index contributed by atoms with van der Waals surface area (Å²) in [6.07, 6.45) is 1.88. The molecule has 2 aromatic carbocycles. The molecule has 0 saturated heterocycles. The van der Waals surface area contributed by atoms with Gasteiger partial charge in [0.1, 0.15) is 0 Å². The van der Waals surface area contributed by atoms with Crippen LogP contribution in [0, 0.1) is 0 Å². The van der Waals surface area contributed by atoms with Gasteiger partial charge in [0.05, 0.1) is 24.1 Å². The van der Waals surface area contributed by atoms with E-state index in [1.165, 1.54) is 0 Å². The van der Waals surface area contributed by atoms with E-state index in [1.54, 1.807) is 9.58 Å². The Morgan fingerprint density at radius 1 is 1.08 bits per heavy atom. The van der Waals surface area contributed by atoms with Crippen molar-refractivity contribution in [3.8, 4) is 5.69 Å². The van der Waals surface area contributed by atoms with Gasteiger partial charge in [-0.05, 0) is 35.9 Å². The third-order valence-electron chi connectivity index (χ3n) is 4.50. The molecular weight excluding hydrogens is 350 g/mol. The second-order valence-electron chi connectivity index (χ2n) is 6.36. The molecule has 2 heterocycles. The Hall–Kier alpha value is -2.70. The zero-order valence-electron chi connectivity index (χ0n) is 14.3. The molecule has 3 aromatic rings. The first-order valence-corrected chi connectivity index (χ1v) is 8.72. The van der Waals surface area contributed by atoms with E-state index in [2.05, 4.69) is 21.3 Å². The SMILES string of the molecule is CN1C(=O)CN(Cc2cn(-c3ccc(Cl)cc3)nn2)Cc2ccccc21. The van der Waals surface area contributed by atoms with Crippen LogP contribution in [0.2, 0.25) is 5.02 Å². The smallest absolute Gasteiger partial charge is 0.240 e. The quantitative estimate of drug-likeness (QED) is 0.714. The summed E-state index contributed by atoms with van der Waals surface area (Å²) in [7, 11) is 1.82. The molecule has 0 spiro atoms. The van der Waals surface area contributed by atoms with Crippen LogP contribution < -0.4 is 4.90 Å². The van der Waals surface area contributed by atoms with Gasteiger partial charge in [-0.3, -0.25) is 9.69 Å². The van der Waals surface area contributed by atoms with Crippen molar-refractivity contribution in [2.45, 2.75) is 13.1 Å². The summed E-state index contributed by atoms with van der Waals surface area (Å²) in [6, 6.07) is 15.4. The Bertz CT molecular complexity index is 937. The standard InChI is InChI=1S/C19H18ClN5O/c1-23-18-5-3-2-4-14(18)10-24(13-19(23)26)11-16-12-25(22-21-16)17-8-6-15(20)7-9-17/h2-9,12H,10-11,13H2,1H3. The van der Waals surface area contributed by atoms with Crippen molar-refractivity contribution in [2.24, 2.45) is 0 Å². The first-order chi connectivity index (χ1) is 12.6. The second-order valence-corrected chi connectivity index (χ2v) is 6.79. The maximum Gasteiger partial charge on any atom is 0.240 e. The van der Waals surface area contributed by atoms with Gasteiger partial charge < -0.3 is 4.90 Å². The van der Waals surface area contributed by atoms with Crippen LogP contribution in [0.5, 0.6) is 0 Å². The number of likely N-dealkylation sites (N-methyl/N-ethyl adjacent to an activating group) is 1. The highest BCUT2D eigenvalue weighted by molar-refractivity contribution is 6.30. The highest BCUT2D eigenvalue weighted by atomic mass is 35.5. The van der Waals surface area contributed by atoms with Crippen LogP contribution in [-0.2, 0) is 17.9 Å². The largest absolute Gasteiger partial charge is 0.314 e. The first kappa shape index (κ1) is 16.8. The fraction of sp³-hybridized carbons (Fsp3) is 0.211. The fourth-order valence-electron chi connectivity index (χ4n) is 3.13. The van der Waals surface area contributed by atoms with E-state index in [9.17, 15) is 4.79 Å². The number of hydrogen-bond acceptors (Lipinski definition) is 4. The number of nitrogens with zero attached hydrogens (tertiary/aromatic N) is 5. The molecule has 132 valence electrons. The highest BCUT2D eigenvalue weighted by Crippen LogP contribution is 2.25. The lowest BCUT2D eigenvalue weighted by Gasteiger charge is -2.17. The molecule has 0 bridgehead atoms. The summed E-state index contributed by atoms with van der Waals surface area (Å²) in [5.74, 6) is 0.0695. The number of carbonyl (C=O) groups is 1. The zero-order chi connectivity index (χ0) is 18.1. The number of benzene rings is 2. The summed E-state index contributed by atoms with van der Waals surface area (Å²) in [4.78, 5) is 16.3. The van der Waals surface area contributed by atoms with Gasteiger partial charge in [-0.25, -0.2) is 4.68 Å². The van der Waals surface area contributed by atoms with Crippen molar-refractivity contribution >= 4 is 23.2 Å². The average Bonchev–Trinajstić information content (AvgIpc) is 3.06. The molecule has 1 aliphatic rings. The number of anilines is 1. The molecule has 0 N–H and O–H groups in total. The monoisotopic (exact) mass is 367 g/mol. The molecule has 0 atom stereocenters. The molecule has 7 heteroatoms. The molecule has 1 aliphatic heterocycles. The molecule has 26 heavy (non-hydrogen) atoms. The van der Waals surface area contributed by atoms with Crippen molar-refractivity contribution in [1.82, 2.24) is 19.9 Å². The van der Waals surface area contributed by atoms with Crippen molar-refractivity contribution in [2.75, 3.05) is 18.5 Å². The van der Waals surface area contributed by atoms with Gasteiger partial charge in [-0.15, -0.1) is 5.10 Å². The lowest BCUT2D eigenvalue weighted by molar-refractivity contribution is -0.119. The molecule has 0 unspecified atom stereocenters. The van der Waals surface area contributed by atoms with E-state index in [0.29, 0.717) is 24.7 Å². The van der Waals surface area contributed by atoms with Gasteiger partial charge >= 0.3 is 0 Å². The van der Waals surface area contributed by atoms with Crippen molar-refractivity contribution < 1.29 is 4.79 Å². The van der Waals surface area contributed by atoms with E-state index in [4.69, 9.17) is 11.6 Å². The zero-order valence-corrected chi connectivity index (χ0v) is 15.1. The van der Waals surface area contributed by atoms with Crippen LogP contribution in [0.15, 0.2) is 54.7 Å². The Kier molecular flexibility index (Phi) is 4.44. The molecule has 4 rings (SSSR count). The van der Waals surface area contributed by atoms with Gasteiger partial charge in [0.2, 0.25) is 5.91 Å². The highest BCUT2D eigenvalue weighted by Gasteiger charge is 2.24. The Labute approximate surface area is 156 Å². The predicted molar refractivity (Wildman–Crippen MR) is 100 cm³/mol. The molecule has 6 nitrogen and oxygen atoms in total. The van der Waals surface area contributed by atoms with Gasteiger partial charge in [-0.1, -0.05) is 35.0 Å². The van der Waals surface area contributed by atoms with Gasteiger partial charge in [-0.2, -0.15) is 0 Å². The van der Waals surface area contributed by atoms with Crippen LogP contribution in [0.1, 0.15) is 11.3 Å². The first-order valence-electron chi connectivity index (χ1n) is 8.34. The topological polar surface area (TPSA) is 54.3 Å². The van der Waals surface area contributed by atoms with E-state index >= 15 is 0 Å². The Balaban J connectivity index is 1.54. The number of fused-ring (bicyclic) bond motifs is 1. The van der Waals surface area contributed by atoms with Crippen LogP contribution in [0.25, 0.3) is 5.69 Å². The lowest BCUT2D eigenvalue weighted by Crippen LogP contribution is -2.34. The van der Waals surface area contributed by atoms with E-state index in [-0.39, 0.29) is 5.91 Å². The number of para-hydroxylation sites is 1. The molecule has 1 amide bonds. The molecule has 1 aromatic heterocycles. The summed E-state index contributed by atoms with van der Waals surface area (Å²) in [5, 5.41) is 9.12. The lowest BCUT2D eigenvalue weighted by atomic mass is 10.1.